The monoisotopic (exact) mass is 302 g/mol. The van der Waals surface area contributed by atoms with E-state index in [0.29, 0.717) is 34.9 Å². The molecule has 0 aromatic carbocycles. The molecule has 0 atom stereocenters. The molecule has 7 heteroatoms. The molecule has 0 bridgehead atoms. The van der Waals surface area contributed by atoms with Crippen LogP contribution in [0.3, 0.4) is 0 Å². The fourth-order valence-corrected chi connectivity index (χ4v) is 2.73. The number of hydrogen-bond donors (Lipinski definition) is 3. The molecule has 0 spiro atoms. The molecule has 4 N–H and O–H groups in total. The largest absolute Gasteiger partial charge is 0.351 e. The van der Waals surface area contributed by atoms with Crippen LogP contribution >= 0.6 is 0 Å². The van der Waals surface area contributed by atoms with Gasteiger partial charge in [0.05, 0.1) is 0 Å². The normalized spacial score (nSPS) is 22.2. The molecule has 0 amide bonds. The van der Waals surface area contributed by atoms with Gasteiger partial charge in [0.1, 0.15) is 11.2 Å². The second-order valence-corrected chi connectivity index (χ2v) is 6.29. The Morgan fingerprint density at radius 3 is 2.68 bits per heavy atom. The summed E-state index contributed by atoms with van der Waals surface area (Å²) < 4.78 is 0. The summed E-state index contributed by atoms with van der Waals surface area (Å²) in [6, 6.07) is 0.646. The molecule has 1 saturated carbocycles. The lowest BCUT2D eigenvalue weighted by atomic mass is 9.92. The Hall–Kier alpha value is -2.02. The molecule has 1 fully saturated rings. The molecule has 2 aromatic heterocycles. The van der Waals surface area contributed by atoms with E-state index in [4.69, 9.17) is 5.73 Å². The molecular formula is C15H22N6O. The average Bonchev–Trinajstić information content (AvgIpc) is 2.49. The quantitative estimate of drug-likeness (QED) is 0.793. The lowest BCUT2D eigenvalue weighted by Crippen LogP contribution is -2.33. The number of rotatable bonds is 3. The van der Waals surface area contributed by atoms with E-state index in [0.717, 1.165) is 25.7 Å². The standard InChI is InChI=1S/C15H22N6O/c1-8(2)12-19-13-11(14(22)20-12)7-17-15(21-13)18-10-5-3-9(16)4-6-10/h7-10H,3-6,16H2,1-2H3,(H2,17,18,19,20,21,22). The maximum Gasteiger partial charge on any atom is 0.261 e. The highest BCUT2D eigenvalue weighted by atomic mass is 16.1. The van der Waals surface area contributed by atoms with Crippen LogP contribution in [0.5, 0.6) is 0 Å². The topological polar surface area (TPSA) is 110 Å². The third-order valence-electron chi connectivity index (χ3n) is 4.13. The van der Waals surface area contributed by atoms with Crippen LogP contribution in [0.15, 0.2) is 11.0 Å². The van der Waals surface area contributed by atoms with E-state index in [-0.39, 0.29) is 11.5 Å². The van der Waals surface area contributed by atoms with Crippen molar-refractivity contribution in [1.82, 2.24) is 19.9 Å². The van der Waals surface area contributed by atoms with Crippen LogP contribution in [0, 0.1) is 0 Å². The fourth-order valence-electron chi connectivity index (χ4n) is 2.73. The molecule has 0 saturated heterocycles. The molecule has 0 unspecified atom stereocenters. The zero-order valence-electron chi connectivity index (χ0n) is 13.0. The molecule has 0 aliphatic heterocycles. The number of fused-ring (bicyclic) bond motifs is 1. The van der Waals surface area contributed by atoms with Gasteiger partial charge in [-0.15, -0.1) is 0 Å². The van der Waals surface area contributed by atoms with E-state index in [1.165, 1.54) is 6.20 Å². The maximum atomic E-state index is 12.0. The van der Waals surface area contributed by atoms with Crippen LogP contribution in [0.1, 0.15) is 51.3 Å². The molecule has 1 aliphatic rings. The van der Waals surface area contributed by atoms with Gasteiger partial charge in [0.2, 0.25) is 5.95 Å². The first-order valence-electron chi connectivity index (χ1n) is 7.82. The molecule has 118 valence electrons. The highest BCUT2D eigenvalue weighted by Crippen LogP contribution is 2.20. The number of aromatic nitrogens is 4. The van der Waals surface area contributed by atoms with Crippen molar-refractivity contribution in [2.45, 2.75) is 57.5 Å². The van der Waals surface area contributed by atoms with Crippen LogP contribution in [0.25, 0.3) is 11.0 Å². The summed E-state index contributed by atoms with van der Waals surface area (Å²) in [4.78, 5) is 27.9. The zero-order valence-corrected chi connectivity index (χ0v) is 13.0. The van der Waals surface area contributed by atoms with E-state index < -0.39 is 0 Å². The van der Waals surface area contributed by atoms with Crippen molar-refractivity contribution in [3.63, 3.8) is 0 Å². The number of hydrogen-bond acceptors (Lipinski definition) is 6. The van der Waals surface area contributed by atoms with Gasteiger partial charge in [-0.3, -0.25) is 4.79 Å². The number of H-pyrrole nitrogens is 1. The minimum Gasteiger partial charge on any atom is -0.351 e. The number of nitrogens with two attached hydrogens (primary N) is 1. The number of nitrogens with zero attached hydrogens (tertiary/aromatic N) is 3. The van der Waals surface area contributed by atoms with Crippen LogP contribution in [-0.4, -0.2) is 32.0 Å². The number of nitrogens with one attached hydrogen (secondary N) is 2. The van der Waals surface area contributed by atoms with Crippen molar-refractivity contribution in [3.8, 4) is 0 Å². The Kier molecular flexibility index (Phi) is 4.06. The Morgan fingerprint density at radius 1 is 1.27 bits per heavy atom. The smallest absolute Gasteiger partial charge is 0.261 e. The molecule has 0 radical (unpaired) electrons. The summed E-state index contributed by atoms with van der Waals surface area (Å²) in [5, 5.41) is 3.75. The van der Waals surface area contributed by atoms with Gasteiger partial charge in [-0.05, 0) is 25.7 Å². The number of anilines is 1. The van der Waals surface area contributed by atoms with E-state index in [9.17, 15) is 4.79 Å². The number of aromatic amines is 1. The second kappa shape index (κ2) is 6.00. The third-order valence-corrected chi connectivity index (χ3v) is 4.13. The summed E-state index contributed by atoms with van der Waals surface area (Å²) in [5.74, 6) is 1.31. The molecular weight excluding hydrogens is 280 g/mol. The molecule has 22 heavy (non-hydrogen) atoms. The Morgan fingerprint density at radius 2 is 2.00 bits per heavy atom. The Labute approximate surface area is 128 Å². The van der Waals surface area contributed by atoms with E-state index >= 15 is 0 Å². The molecule has 2 aromatic rings. The van der Waals surface area contributed by atoms with E-state index in [1.54, 1.807) is 0 Å². The van der Waals surface area contributed by atoms with Crippen molar-refractivity contribution in [2.75, 3.05) is 5.32 Å². The molecule has 1 aliphatic carbocycles. The Balaban J connectivity index is 1.87. The van der Waals surface area contributed by atoms with Crippen LogP contribution < -0.4 is 16.6 Å². The van der Waals surface area contributed by atoms with Gasteiger partial charge in [-0.2, -0.15) is 4.98 Å². The van der Waals surface area contributed by atoms with Crippen molar-refractivity contribution in [2.24, 2.45) is 5.73 Å². The Bertz CT molecular complexity index is 718. The minimum absolute atomic E-state index is 0.142. The first-order valence-corrected chi connectivity index (χ1v) is 7.82. The summed E-state index contributed by atoms with van der Waals surface area (Å²) in [5.41, 5.74) is 6.17. The van der Waals surface area contributed by atoms with Gasteiger partial charge in [0.25, 0.3) is 5.56 Å². The highest BCUT2D eigenvalue weighted by Gasteiger charge is 2.19. The van der Waals surface area contributed by atoms with E-state index in [2.05, 4.69) is 25.3 Å². The average molecular weight is 302 g/mol. The maximum absolute atomic E-state index is 12.0. The summed E-state index contributed by atoms with van der Waals surface area (Å²) in [7, 11) is 0. The van der Waals surface area contributed by atoms with Gasteiger partial charge >= 0.3 is 0 Å². The molecule has 7 nitrogen and oxygen atoms in total. The first kappa shape index (κ1) is 14.9. The van der Waals surface area contributed by atoms with Crippen LogP contribution in [-0.2, 0) is 0 Å². The van der Waals surface area contributed by atoms with Gasteiger partial charge in [-0.25, -0.2) is 9.97 Å². The van der Waals surface area contributed by atoms with Crippen LogP contribution in [0.2, 0.25) is 0 Å². The zero-order chi connectivity index (χ0) is 15.7. The van der Waals surface area contributed by atoms with Crippen LogP contribution in [0.4, 0.5) is 5.95 Å². The highest BCUT2D eigenvalue weighted by molar-refractivity contribution is 5.73. The lowest BCUT2D eigenvalue weighted by Gasteiger charge is -2.26. The predicted molar refractivity (Wildman–Crippen MR) is 85.9 cm³/mol. The molecule has 2 heterocycles. The van der Waals surface area contributed by atoms with Gasteiger partial charge < -0.3 is 16.0 Å². The SMILES string of the molecule is CC(C)c1nc2nc(NC3CCC(N)CC3)ncc2c(=O)[nH]1. The first-order chi connectivity index (χ1) is 10.5. The van der Waals surface area contributed by atoms with Gasteiger partial charge in [0, 0.05) is 24.2 Å². The minimum atomic E-state index is -0.191. The van der Waals surface area contributed by atoms with Crippen molar-refractivity contribution in [3.05, 3.63) is 22.4 Å². The summed E-state index contributed by atoms with van der Waals surface area (Å²) in [6.07, 6.45) is 5.60. The van der Waals surface area contributed by atoms with Gasteiger partial charge in [0.15, 0.2) is 5.65 Å². The van der Waals surface area contributed by atoms with Crippen molar-refractivity contribution in [1.29, 1.82) is 0 Å². The summed E-state index contributed by atoms with van der Waals surface area (Å²) in [6.45, 7) is 3.96. The predicted octanol–water partition coefficient (Wildman–Crippen LogP) is 1.52. The molecule has 3 rings (SSSR count). The lowest BCUT2D eigenvalue weighted by molar-refractivity contribution is 0.410. The van der Waals surface area contributed by atoms with E-state index in [1.807, 2.05) is 13.8 Å². The van der Waals surface area contributed by atoms with Crippen molar-refractivity contribution < 1.29 is 0 Å². The second-order valence-electron chi connectivity index (χ2n) is 6.29. The fraction of sp³-hybridized carbons (Fsp3) is 0.600. The van der Waals surface area contributed by atoms with Gasteiger partial charge in [-0.1, -0.05) is 13.8 Å². The summed E-state index contributed by atoms with van der Waals surface area (Å²) >= 11 is 0. The van der Waals surface area contributed by atoms with Crippen molar-refractivity contribution >= 4 is 17.0 Å². The third kappa shape index (κ3) is 3.09.